The van der Waals surface area contributed by atoms with Gasteiger partial charge in [0.2, 0.25) is 0 Å². The van der Waals surface area contributed by atoms with Gasteiger partial charge in [0, 0.05) is 34.9 Å². The fourth-order valence-corrected chi connectivity index (χ4v) is 6.11. The van der Waals surface area contributed by atoms with Gasteiger partial charge >= 0.3 is 0 Å². The highest BCUT2D eigenvalue weighted by Crippen LogP contribution is 2.37. The van der Waals surface area contributed by atoms with E-state index < -0.39 is 0 Å². The molecule has 0 amide bonds. The molecule has 0 atom stereocenters. The summed E-state index contributed by atoms with van der Waals surface area (Å²) in [5, 5.41) is 1.14. The Hall–Kier alpha value is -2.42. The Morgan fingerprint density at radius 3 is 2.60 bits per heavy atom. The summed E-state index contributed by atoms with van der Waals surface area (Å²) in [6.07, 6.45) is 2.48. The second kappa shape index (κ2) is 9.22. The van der Waals surface area contributed by atoms with Crippen molar-refractivity contribution in [1.82, 2.24) is 14.5 Å². The molecule has 2 aromatic carbocycles. The van der Waals surface area contributed by atoms with Crippen molar-refractivity contribution < 1.29 is 9.47 Å². The van der Waals surface area contributed by atoms with Crippen molar-refractivity contribution in [1.29, 1.82) is 0 Å². The van der Waals surface area contributed by atoms with E-state index in [1.807, 2.05) is 42.5 Å². The summed E-state index contributed by atoms with van der Waals surface area (Å²) >= 11 is 13.9. The monoisotopic (exact) mass is 527 g/mol. The highest BCUT2D eigenvalue weighted by atomic mass is 35.5. The van der Waals surface area contributed by atoms with Gasteiger partial charge in [-0.3, -0.25) is 9.36 Å². The molecule has 0 saturated carbocycles. The molecule has 2 saturated heterocycles. The van der Waals surface area contributed by atoms with Gasteiger partial charge in [0.1, 0.15) is 16.8 Å². The molecule has 0 bridgehead atoms. The van der Waals surface area contributed by atoms with E-state index in [1.165, 1.54) is 15.9 Å². The lowest BCUT2D eigenvalue weighted by Crippen LogP contribution is -2.65. The normalized spacial score (nSPS) is 16.9. The maximum absolute atomic E-state index is 13.2. The van der Waals surface area contributed by atoms with Crippen LogP contribution in [0.4, 0.5) is 0 Å². The predicted molar refractivity (Wildman–Crippen MR) is 140 cm³/mol. The van der Waals surface area contributed by atoms with Gasteiger partial charge < -0.3 is 14.4 Å². The first-order chi connectivity index (χ1) is 17.0. The zero-order chi connectivity index (χ0) is 24.0. The highest BCUT2D eigenvalue weighted by molar-refractivity contribution is 7.22. The molecule has 6 nitrogen and oxygen atoms in total. The van der Waals surface area contributed by atoms with Crippen LogP contribution in [0.3, 0.4) is 0 Å². The van der Waals surface area contributed by atoms with Crippen LogP contribution in [0.15, 0.2) is 59.7 Å². The predicted octanol–water partition coefficient (Wildman–Crippen LogP) is 5.52. The second-order valence-electron chi connectivity index (χ2n) is 9.27. The van der Waals surface area contributed by atoms with E-state index >= 15 is 0 Å². The SMILES string of the molecule is O=c1c2sc(-c3ccc(Cl)cc3)cc2ncn1-c1ccc(OCCCN2CC3(COC3)C2)c(Cl)c1. The Kier molecular flexibility index (Phi) is 6.06. The van der Waals surface area contributed by atoms with Gasteiger partial charge in [0.25, 0.3) is 5.56 Å². The summed E-state index contributed by atoms with van der Waals surface area (Å²) in [6.45, 7) is 5.67. The van der Waals surface area contributed by atoms with Crippen LogP contribution in [0.25, 0.3) is 26.3 Å². The van der Waals surface area contributed by atoms with Crippen LogP contribution in [-0.2, 0) is 4.74 Å². The number of benzene rings is 2. The van der Waals surface area contributed by atoms with Crippen molar-refractivity contribution in [2.75, 3.05) is 39.5 Å². The smallest absolute Gasteiger partial charge is 0.275 e. The van der Waals surface area contributed by atoms with Gasteiger partial charge in [-0.2, -0.15) is 0 Å². The summed E-state index contributed by atoms with van der Waals surface area (Å²) in [5.41, 5.74) is 2.63. The van der Waals surface area contributed by atoms with Crippen molar-refractivity contribution in [2.45, 2.75) is 6.42 Å². The van der Waals surface area contributed by atoms with Crippen LogP contribution in [0, 0.1) is 5.41 Å². The summed E-state index contributed by atoms with van der Waals surface area (Å²) < 4.78 is 13.3. The molecule has 1 spiro atoms. The third kappa shape index (κ3) is 4.47. The van der Waals surface area contributed by atoms with Crippen molar-refractivity contribution in [2.24, 2.45) is 5.41 Å². The van der Waals surface area contributed by atoms with Crippen LogP contribution in [0.1, 0.15) is 6.42 Å². The average Bonchev–Trinajstić information content (AvgIpc) is 3.23. The Bertz CT molecular complexity index is 1440. The standard InChI is InChI=1S/C26H23Cl2N3O3S/c27-18-4-2-17(3-5-18)23-11-21-24(35-23)25(32)31(16-29-21)19-6-7-22(20(28)10-19)34-9-1-8-30-12-26(13-30)14-33-15-26/h2-7,10-11,16H,1,8-9,12-15H2. The van der Waals surface area contributed by atoms with Gasteiger partial charge in [0.15, 0.2) is 0 Å². The third-order valence-corrected chi connectivity index (χ3v) is 8.28. The van der Waals surface area contributed by atoms with Gasteiger partial charge in [-0.05, 0) is 48.4 Å². The number of ether oxygens (including phenoxy) is 2. The Balaban J connectivity index is 1.13. The number of hydrogen-bond donors (Lipinski definition) is 0. The largest absolute Gasteiger partial charge is 0.492 e. The molecule has 2 aliphatic heterocycles. The zero-order valence-corrected chi connectivity index (χ0v) is 21.2. The number of halogens is 2. The number of likely N-dealkylation sites (tertiary alicyclic amines) is 1. The zero-order valence-electron chi connectivity index (χ0n) is 18.9. The molecule has 0 aliphatic carbocycles. The fourth-order valence-electron chi connectivity index (χ4n) is 4.71. The molecule has 4 aromatic rings. The minimum Gasteiger partial charge on any atom is -0.492 e. The van der Waals surface area contributed by atoms with Gasteiger partial charge in [-0.1, -0.05) is 35.3 Å². The number of nitrogens with zero attached hydrogens (tertiary/aromatic N) is 3. The molecule has 4 heterocycles. The number of aromatic nitrogens is 2. The lowest BCUT2D eigenvalue weighted by molar-refractivity contribution is -0.189. The van der Waals surface area contributed by atoms with E-state index in [-0.39, 0.29) is 5.56 Å². The maximum Gasteiger partial charge on any atom is 0.275 e. The minimum absolute atomic E-state index is 0.130. The molecule has 180 valence electrons. The second-order valence-corrected chi connectivity index (χ2v) is 11.2. The Labute approximate surface area is 216 Å². The number of thiophene rings is 1. The summed E-state index contributed by atoms with van der Waals surface area (Å²) in [6, 6.07) is 14.9. The Morgan fingerprint density at radius 2 is 1.89 bits per heavy atom. The molecule has 0 unspecified atom stereocenters. The van der Waals surface area contributed by atoms with Crippen LogP contribution in [0.5, 0.6) is 5.75 Å². The average molecular weight is 528 g/mol. The number of hydrogen-bond acceptors (Lipinski definition) is 6. The molecule has 0 radical (unpaired) electrons. The van der Waals surface area contributed by atoms with Gasteiger partial charge in [-0.15, -0.1) is 11.3 Å². The summed E-state index contributed by atoms with van der Waals surface area (Å²) in [7, 11) is 0. The molecular formula is C26H23Cl2N3O3S. The molecule has 9 heteroatoms. The van der Waals surface area contributed by atoms with Crippen LogP contribution >= 0.6 is 34.5 Å². The van der Waals surface area contributed by atoms with E-state index in [4.69, 9.17) is 32.7 Å². The Morgan fingerprint density at radius 1 is 1.09 bits per heavy atom. The van der Waals surface area contributed by atoms with Gasteiger partial charge in [-0.25, -0.2) is 4.98 Å². The first-order valence-corrected chi connectivity index (χ1v) is 13.1. The molecule has 35 heavy (non-hydrogen) atoms. The van der Waals surface area contributed by atoms with E-state index in [9.17, 15) is 4.79 Å². The molecular weight excluding hydrogens is 505 g/mol. The molecule has 2 aliphatic rings. The lowest BCUT2D eigenvalue weighted by atomic mass is 9.78. The third-order valence-electron chi connectivity index (χ3n) is 6.57. The minimum atomic E-state index is -0.130. The summed E-state index contributed by atoms with van der Waals surface area (Å²) in [5.74, 6) is 0.617. The van der Waals surface area contributed by atoms with E-state index in [1.54, 1.807) is 12.4 Å². The topological polar surface area (TPSA) is 56.6 Å². The van der Waals surface area contributed by atoms with Crippen LogP contribution < -0.4 is 10.3 Å². The molecule has 0 N–H and O–H groups in total. The fraction of sp³-hybridized carbons (Fsp3) is 0.308. The first kappa shape index (κ1) is 23.0. The van der Waals surface area contributed by atoms with Crippen molar-refractivity contribution in [3.8, 4) is 21.9 Å². The van der Waals surface area contributed by atoms with Crippen LogP contribution in [-0.4, -0.2) is 53.9 Å². The molecule has 2 aromatic heterocycles. The molecule has 6 rings (SSSR count). The lowest BCUT2D eigenvalue weighted by Gasteiger charge is -2.55. The summed E-state index contributed by atoms with van der Waals surface area (Å²) in [4.78, 5) is 21.1. The van der Waals surface area contributed by atoms with Crippen LogP contribution in [0.2, 0.25) is 10.0 Å². The van der Waals surface area contributed by atoms with Crippen molar-refractivity contribution >= 4 is 44.8 Å². The quantitative estimate of drug-likeness (QED) is 0.296. The maximum atomic E-state index is 13.2. The van der Waals surface area contributed by atoms with E-state index in [2.05, 4.69) is 9.88 Å². The van der Waals surface area contributed by atoms with E-state index in [0.29, 0.717) is 43.7 Å². The van der Waals surface area contributed by atoms with E-state index in [0.717, 1.165) is 49.7 Å². The van der Waals surface area contributed by atoms with Crippen molar-refractivity contribution in [3.05, 3.63) is 75.3 Å². The number of rotatable bonds is 7. The van der Waals surface area contributed by atoms with Crippen molar-refractivity contribution in [3.63, 3.8) is 0 Å². The first-order valence-electron chi connectivity index (χ1n) is 11.5. The van der Waals surface area contributed by atoms with Gasteiger partial charge in [0.05, 0.1) is 36.0 Å². The highest BCUT2D eigenvalue weighted by Gasteiger charge is 2.48. The number of fused-ring (bicyclic) bond motifs is 1. The molecule has 2 fully saturated rings.